The van der Waals surface area contributed by atoms with Gasteiger partial charge in [0.15, 0.2) is 0 Å². The monoisotopic (exact) mass is 299 g/mol. The van der Waals surface area contributed by atoms with E-state index in [2.05, 4.69) is 5.32 Å². The number of halogens is 2. The first-order valence-electron chi connectivity index (χ1n) is 6.31. The van der Waals surface area contributed by atoms with E-state index < -0.39 is 18.4 Å². The highest BCUT2D eigenvalue weighted by Gasteiger charge is 2.37. The molecule has 6 nitrogen and oxygen atoms in total. The first-order chi connectivity index (χ1) is 9.94. The lowest BCUT2D eigenvalue weighted by atomic mass is 10.2. The maximum absolute atomic E-state index is 13.0. The molecule has 1 heterocycles. The molecule has 2 rings (SSSR count). The second-order valence-corrected chi connectivity index (χ2v) is 4.51. The number of carbonyl (C=O) groups is 2. The van der Waals surface area contributed by atoms with Crippen LogP contribution in [0.3, 0.4) is 0 Å². The average molecular weight is 299 g/mol. The summed E-state index contributed by atoms with van der Waals surface area (Å²) in [4.78, 5) is 24.5. The summed E-state index contributed by atoms with van der Waals surface area (Å²) >= 11 is 0. The van der Waals surface area contributed by atoms with Crippen molar-refractivity contribution in [3.63, 3.8) is 0 Å². The van der Waals surface area contributed by atoms with Crippen LogP contribution >= 0.6 is 0 Å². The van der Waals surface area contributed by atoms with Gasteiger partial charge < -0.3 is 20.7 Å². The van der Waals surface area contributed by atoms with Gasteiger partial charge in [0.25, 0.3) is 11.8 Å². The minimum absolute atomic E-state index is 0.0151. The SMILES string of the molecule is NCC(F)(F)C(=O)Nc1ccc(N2CCOCC2=O)cc1. The molecule has 0 bridgehead atoms. The van der Waals surface area contributed by atoms with Crippen molar-refractivity contribution in [1.82, 2.24) is 0 Å². The van der Waals surface area contributed by atoms with Crippen molar-refractivity contribution in [2.45, 2.75) is 5.92 Å². The number of nitrogens with one attached hydrogen (secondary N) is 1. The molecule has 2 amide bonds. The standard InChI is InChI=1S/C13H15F2N3O3/c14-13(15,8-16)12(20)17-9-1-3-10(4-2-9)18-5-6-21-7-11(18)19/h1-4H,5-8,16H2,(H,17,20). The molecule has 8 heteroatoms. The second kappa shape index (κ2) is 6.15. The van der Waals surface area contributed by atoms with E-state index in [0.717, 1.165) is 0 Å². The Morgan fingerprint density at radius 1 is 1.38 bits per heavy atom. The number of rotatable bonds is 4. The van der Waals surface area contributed by atoms with E-state index in [4.69, 9.17) is 10.5 Å². The van der Waals surface area contributed by atoms with Crippen LogP contribution in [0.1, 0.15) is 0 Å². The van der Waals surface area contributed by atoms with Crippen molar-refractivity contribution in [2.75, 3.05) is 36.5 Å². The molecular weight excluding hydrogens is 284 g/mol. The average Bonchev–Trinajstić information content (AvgIpc) is 2.48. The minimum Gasteiger partial charge on any atom is -0.370 e. The fourth-order valence-electron chi connectivity index (χ4n) is 1.83. The van der Waals surface area contributed by atoms with Gasteiger partial charge in [-0.1, -0.05) is 0 Å². The van der Waals surface area contributed by atoms with E-state index in [0.29, 0.717) is 18.8 Å². The fourth-order valence-corrected chi connectivity index (χ4v) is 1.83. The summed E-state index contributed by atoms with van der Waals surface area (Å²) in [5.41, 5.74) is 5.65. The van der Waals surface area contributed by atoms with E-state index >= 15 is 0 Å². The third-order valence-electron chi connectivity index (χ3n) is 3.01. The number of anilines is 2. The molecule has 1 aromatic rings. The normalized spacial score (nSPS) is 16.0. The lowest BCUT2D eigenvalue weighted by molar-refractivity contribution is -0.138. The van der Waals surface area contributed by atoms with Crippen molar-refractivity contribution in [3.8, 4) is 0 Å². The number of benzene rings is 1. The Morgan fingerprint density at radius 3 is 2.62 bits per heavy atom. The maximum Gasteiger partial charge on any atom is 0.336 e. The van der Waals surface area contributed by atoms with Crippen LogP contribution in [0, 0.1) is 0 Å². The molecule has 0 atom stereocenters. The van der Waals surface area contributed by atoms with Gasteiger partial charge in [-0.15, -0.1) is 0 Å². The van der Waals surface area contributed by atoms with Crippen LogP contribution in [0.5, 0.6) is 0 Å². The number of carbonyl (C=O) groups excluding carboxylic acids is 2. The Morgan fingerprint density at radius 2 is 2.05 bits per heavy atom. The molecule has 0 unspecified atom stereocenters. The zero-order chi connectivity index (χ0) is 15.5. The molecule has 21 heavy (non-hydrogen) atoms. The molecule has 3 N–H and O–H groups in total. The lowest BCUT2D eigenvalue weighted by Gasteiger charge is -2.27. The number of nitrogens with zero attached hydrogens (tertiary/aromatic N) is 1. The highest BCUT2D eigenvalue weighted by atomic mass is 19.3. The number of hydrogen-bond acceptors (Lipinski definition) is 4. The molecule has 0 aromatic heterocycles. The van der Waals surface area contributed by atoms with E-state index in [9.17, 15) is 18.4 Å². The molecule has 1 saturated heterocycles. The van der Waals surface area contributed by atoms with Crippen LogP contribution < -0.4 is 16.0 Å². The first kappa shape index (κ1) is 15.3. The predicted molar refractivity (Wildman–Crippen MR) is 72.2 cm³/mol. The van der Waals surface area contributed by atoms with Crippen LogP contribution in [0.25, 0.3) is 0 Å². The molecule has 0 spiro atoms. The van der Waals surface area contributed by atoms with Crippen LogP contribution in [-0.4, -0.2) is 44.0 Å². The number of alkyl halides is 2. The molecule has 0 aliphatic carbocycles. The Labute approximate surface area is 119 Å². The van der Waals surface area contributed by atoms with Crippen LogP contribution in [0.4, 0.5) is 20.2 Å². The Hall–Kier alpha value is -2.06. The molecule has 1 aromatic carbocycles. The van der Waals surface area contributed by atoms with Crippen molar-refractivity contribution in [3.05, 3.63) is 24.3 Å². The summed E-state index contributed by atoms with van der Waals surface area (Å²) in [5, 5.41) is 2.08. The van der Waals surface area contributed by atoms with Gasteiger partial charge >= 0.3 is 5.92 Å². The quantitative estimate of drug-likeness (QED) is 0.852. The molecule has 114 valence electrons. The topological polar surface area (TPSA) is 84.7 Å². The van der Waals surface area contributed by atoms with Gasteiger partial charge in [-0.2, -0.15) is 8.78 Å². The Balaban J connectivity index is 2.05. The lowest BCUT2D eigenvalue weighted by Crippen LogP contribution is -2.42. The summed E-state index contributed by atoms with van der Waals surface area (Å²) in [6, 6.07) is 6.03. The number of morpholine rings is 1. The summed E-state index contributed by atoms with van der Waals surface area (Å²) in [6.45, 7) is -0.177. The van der Waals surface area contributed by atoms with Gasteiger partial charge in [0, 0.05) is 17.9 Å². The van der Waals surface area contributed by atoms with E-state index in [1.807, 2.05) is 0 Å². The number of hydrogen-bond donors (Lipinski definition) is 2. The summed E-state index contributed by atoms with van der Waals surface area (Å²) in [5.74, 6) is -5.24. The number of amides is 2. The largest absolute Gasteiger partial charge is 0.370 e. The van der Waals surface area contributed by atoms with Gasteiger partial charge in [0.2, 0.25) is 0 Å². The molecular formula is C13H15F2N3O3. The zero-order valence-electron chi connectivity index (χ0n) is 11.1. The molecule has 1 aliphatic rings. The van der Waals surface area contributed by atoms with Crippen molar-refractivity contribution < 1.29 is 23.1 Å². The third kappa shape index (κ3) is 3.53. The third-order valence-corrected chi connectivity index (χ3v) is 3.01. The number of nitrogens with two attached hydrogens (primary N) is 1. The summed E-state index contributed by atoms with van der Waals surface area (Å²) in [7, 11) is 0. The van der Waals surface area contributed by atoms with Gasteiger partial charge in [-0.3, -0.25) is 9.59 Å². The maximum atomic E-state index is 13.0. The van der Waals surface area contributed by atoms with Crippen LogP contribution in [-0.2, 0) is 14.3 Å². The second-order valence-electron chi connectivity index (χ2n) is 4.51. The summed E-state index contributed by atoms with van der Waals surface area (Å²) < 4.78 is 31.1. The molecule has 0 radical (unpaired) electrons. The smallest absolute Gasteiger partial charge is 0.336 e. The Bertz CT molecular complexity index is 534. The van der Waals surface area contributed by atoms with Gasteiger partial charge in [-0.05, 0) is 24.3 Å². The van der Waals surface area contributed by atoms with Crippen molar-refractivity contribution in [1.29, 1.82) is 0 Å². The van der Waals surface area contributed by atoms with Crippen LogP contribution in [0.15, 0.2) is 24.3 Å². The van der Waals surface area contributed by atoms with E-state index in [-0.39, 0.29) is 18.2 Å². The van der Waals surface area contributed by atoms with Crippen molar-refractivity contribution in [2.24, 2.45) is 5.73 Å². The highest BCUT2D eigenvalue weighted by molar-refractivity contribution is 5.97. The predicted octanol–water partition coefficient (Wildman–Crippen LogP) is 0.582. The highest BCUT2D eigenvalue weighted by Crippen LogP contribution is 2.21. The zero-order valence-corrected chi connectivity index (χ0v) is 11.1. The fraction of sp³-hybridized carbons (Fsp3) is 0.385. The van der Waals surface area contributed by atoms with Crippen LogP contribution in [0.2, 0.25) is 0 Å². The van der Waals surface area contributed by atoms with E-state index in [1.165, 1.54) is 17.0 Å². The minimum atomic E-state index is -3.61. The number of ether oxygens (including phenoxy) is 1. The van der Waals surface area contributed by atoms with Gasteiger partial charge in [0.05, 0.1) is 13.2 Å². The van der Waals surface area contributed by atoms with Crippen molar-refractivity contribution >= 4 is 23.2 Å². The first-order valence-corrected chi connectivity index (χ1v) is 6.31. The van der Waals surface area contributed by atoms with Gasteiger partial charge in [-0.25, -0.2) is 0 Å². The molecule has 0 saturated carbocycles. The molecule has 1 fully saturated rings. The van der Waals surface area contributed by atoms with E-state index in [1.54, 1.807) is 12.1 Å². The summed E-state index contributed by atoms with van der Waals surface area (Å²) in [6.07, 6.45) is 0. The van der Waals surface area contributed by atoms with Gasteiger partial charge in [0.1, 0.15) is 6.61 Å². The Kier molecular flexibility index (Phi) is 4.49. The molecule has 1 aliphatic heterocycles.